The molecule has 0 aliphatic heterocycles. The summed E-state index contributed by atoms with van der Waals surface area (Å²) in [6, 6.07) is 11.7. The number of fused-ring (bicyclic) bond motifs is 1. The largest absolute Gasteiger partial charge is 0.298 e. The second kappa shape index (κ2) is 4.61. The number of pyridine rings is 1. The van der Waals surface area contributed by atoms with Crippen molar-refractivity contribution in [2.75, 3.05) is 0 Å². The van der Waals surface area contributed by atoms with Gasteiger partial charge in [0, 0.05) is 23.3 Å². The van der Waals surface area contributed by atoms with E-state index < -0.39 is 0 Å². The van der Waals surface area contributed by atoms with Crippen LogP contribution in [0.4, 0.5) is 4.39 Å². The molecule has 0 saturated heterocycles. The molecule has 0 N–H and O–H groups in total. The van der Waals surface area contributed by atoms with Crippen molar-refractivity contribution in [2.45, 2.75) is 0 Å². The van der Waals surface area contributed by atoms with Crippen LogP contribution in [-0.4, -0.2) is 11.3 Å². The molecule has 2 aromatic carbocycles. The van der Waals surface area contributed by atoms with Crippen LogP contribution in [-0.2, 0) is 0 Å². The second-order valence-electron chi connectivity index (χ2n) is 4.25. The molecule has 0 aliphatic rings. The van der Waals surface area contributed by atoms with E-state index in [1.807, 2.05) is 24.3 Å². The number of aldehydes is 1. The quantitative estimate of drug-likeness (QED) is 0.647. The Balaban J connectivity index is 2.36. The fourth-order valence-corrected chi connectivity index (χ4v) is 2.22. The zero-order valence-corrected chi connectivity index (χ0v) is 10.0. The molecule has 3 heteroatoms. The Labute approximate surface area is 109 Å². The Kier molecular flexibility index (Phi) is 2.80. The minimum Gasteiger partial charge on any atom is -0.298 e. The normalized spacial score (nSPS) is 10.6. The van der Waals surface area contributed by atoms with Gasteiger partial charge in [-0.3, -0.25) is 9.78 Å². The average Bonchev–Trinajstić information content (AvgIpc) is 2.46. The minimum absolute atomic E-state index is 0.355. The van der Waals surface area contributed by atoms with Crippen LogP contribution in [0.2, 0.25) is 0 Å². The van der Waals surface area contributed by atoms with Crippen molar-refractivity contribution >= 4 is 17.1 Å². The highest BCUT2D eigenvalue weighted by Gasteiger charge is 2.09. The minimum atomic E-state index is -0.355. The van der Waals surface area contributed by atoms with Crippen LogP contribution >= 0.6 is 0 Å². The summed E-state index contributed by atoms with van der Waals surface area (Å²) in [5.74, 6) is -0.355. The maximum atomic E-state index is 13.4. The average molecular weight is 251 g/mol. The van der Waals surface area contributed by atoms with Crippen molar-refractivity contribution in [3.8, 4) is 11.1 Å². The number of nitrogens with zero attached hydrogens (tertiary/aromatic N) is 1. The van der Waals surface area contributed by atoms with Gasteiger partial charge in [-0.2, -0.15) is 0 Å². The third-order valence-electron chi connectivity index (χ3n) is 3.11. The molecule has 0 bridgehead atoms. The SMILES string of the molecule is O=Cc1ccc(F)cc1-c1cccc2cnccc12. The van der Waals surface area contributed by atoms with Crippen molar-refractivity contribution in [1.82, 2.24) is 4.98 Å². The second-order valence-corrected chi connectivity index (χ2v) is 4.25. The maximum absolute atomic E-state index is 13.4. The summed E-state index contributed by atoms with van der Waals surface area (Å²) in [6.45, 7) is 0. The van der Waals surface area contributed by atoms with E-state index >= 15 is 0 Å². The third kappa shape index (κ3) is 1.99. The van der Waals surface area contributed by atoms with E-state index in [0.717, 1.165) is 22.6 Å². The first-order valence-corrected chi connectivity index (χ1v) is 5.87. The van der Waals surface area contributed by atoms with Gasteiger partial charge in [-0.1, -0.05) is 18.2 Å². The molecule has 1 heterocycles. The summed E-state index contributed by atoms with van der Waals surface area (Å²) in [7, 11) is 0. The fraction of sp³-hybridized carbons (Fsp3) is 0. The van der Waals surface area contributed by atoms with E-state index in [2.05, 4.69) is 4.98 Å². The monoisotopic (exact) mass is 251 g/mol. The molecule has 0 aliphatic carbocycles. The summed E-state index contributed by atoms with van der Waals surface area (Å²) in [5, 5.41) is 1.91. The maximum Gasteiger partial charge on any atom is 0.150 e. The molecule has 0 unspecified atom stereocenters. The van der Waals surface area contributed by atoms with Crippen molar-refractivity contribution in [2.24, 2.45) is 0 Å². The predicted molar refractivity (Wildman–Crippen MR) is 72.5 cm³/mol. The topological polar surface area (TPSA) is 30.0 Å². The molecule has 19 heavy (non-hydrogen) atoms. The lowest BCUT2D eigenvalue weighted by Gasteiger charge is -2.09. The first-order chi connectivity index (χ1) is 9.29. The Hall–Kier alpha value is -2.55. The van der Waals surface area contributed by atoms with Crippen molar-refractivity contribution in [3.63, 3.8) is 0 Å². The third-order valence-corrected chi connectivity index (χ3v) is 3.11. The molecular weight excluding hydrogens is 241 g/mol. The number of benzene rings is 2. The van der Waals surface area contributed by atoms with Gasteiger partial charge in [0.1, 0.15) is 5.82 Å². The molecule has 0 amide bonds. The van der Waals surface area contributed by atoms with Crippen LogP contribution in [0.15, 0.2) is 54.9 Å². The number of rotatable bonds is 2. The van der Waals surface area contributed by atoms with Gasteiger partial charge in [0.15, 0.2) is 6.29 Å². The first kappa shape index (κ1) is 11.5. The molecule has 3 aromatic rings. The van der Waals surface area contributed by atoms with Crippen molar-refractivity contribution in [1.29, 1.82) is 0 Å². The summed E-state index contributed by atoms with van der Waals surface area (Å²) in [5.41, 5.74) is 1.92. The Morgan fingerprint density at radius 1 is 1.05 bits per heavy atom. The predicted octanol–water partition coefficient (Wildman–Crippen LogP) is 3.85. The van der Waals surface area contributed by atoms with E-state index in [0.29, 0.717) is 11.1 Å². The Morgan fingerprint density at radius 2 is 1.95 bits per heavy atom. The summed E-state index contributed by atoms with van der Waals surface area (Å²) in [6.07, 6.45) is 4.18. The van der Waals surface area contributed by atoms with Gasteiger partial charge in [0.05, 0.1) is 0 Å². The molecule has 0 atom stereocenters. The van der Waals surface area contributed by atoms with Gasteiger partial charge in [-0.25, -0.2) is 4.39 Å². The highest BCUT2D eigenvalue weighted by molar-refractivity contribution is 6.00. The van der Waals surface area contributed by atoms with Gasteiger partial charge < -0.3 is 0 Å². The van der Waals surface area contributed by atoms with Gasteiger partial charge >= 0.3 is 0 Å². The highest BCUT2D eigenvalue weighted by Crippen LogP contribution is 2.30. The highest BCUT2D eigenvalue weighted by atomic mass is 19.1. The van der Waals surface area contributed by atoms with E-state index in [4.69, 9.17) is 0 Å². The van der Waals surface area contributed by atoms with Gasteiger partial charge in [0.2, 0.25) is 0 Å². The van der Waals surface area contributed by atoms with E-state index in [1.54, 1.807) is 12.4 Å². The van der Waals surface area contributed by atoms with Crippen LogP contribution in [0, 0.1) is 5.82 Å². The van der Waals surface area contributed by atoms with Gasteiger partial charge in [-0.05, 0) is 40.8 Å². The summed E-state index contributed by atoms with van der Waals surface area (Å²) in [4.78, 5) is 15.2. The van der Waals surface area contributed by atoms with E-state index in [9.17, 15) is 9.18 Å². The smallest absolute Gasteiger partial charge is 0.150 e. The van der Waals surface area contributed by atoms with Crippen LogP contribution in [0.5, 0.6) is 0 Å². The lowest BCUT2D eigenvalue weighted by molar-refractivity contribution is 0.112. The van der Waals surface area contributed by atoms with Gasteiger partial charge in [0.25, 0.3) is 0 Å². The number of carbonyl (C=O) groups is 1. The van der Waals surface area contributed by atoms with Crippen LogP contribution < -0.4 is 0 Å². The van der Waals surface area contributed by atoms with Crippen LogP contribution in [0.25, 0.3) is 21.9 Å². The number of aromatic nitrogens is 1. The lowest BCUT2D eigenvalue weighted by Crippen LogP contribution is -1.90. The Bertz CT molecular complexity index is 762. The van der Waals surface area contributed by atoms with Crippen molar-refractivity contribution < 1.29 is 9.18 Å². The zero-order valence-electron chi connectivity index (χ0n) is 10.0. The van der Waals surface area contributed by atoms with Crippen molar-refractivity contribution in [3.05, 3.63) is 66.2 Å². The fourth-order valence-electron chi connectivity index (χ4n) is 2.22. The van der Waals surface area contributed by atoms with E-state index in [1.165, 1.54) is 18.2 Å². The molecule has 0 spiro atoms. The summed E-state index contributed by atoms with van der Waals surface area (Å²) >= 11 is 0. The lowest BCUT2D eigenvalue weighted by atomic mass is 9.96. The number of carbonyl (C=O) groups excluding carboxylic acids is 1. The molecule has 2 nitrogen and oxygen atoms in total. The van der Waals surface area contributed by atoms with Gasteiger partial charge in [-0.15, -0.1) is 0 Å². The molecule has 1 aromatic heterocycles. The molecule has 0 saturated carbocycles. The number of hydrogen-bond donors (Lipinski definition) is 0. The Morgan fingerprint density at radius 3 is 2.79 bits per heavy atom. The summed E-state index contributed by atoms with van der Waals surface area (Å²) < 4.78 is 13.4. The van der Waals surface area contributed by atoms with Crippen LogP contribution in [0.1, 0.15) is 10.4 Å². The molecule has 0 fully saturated rings. The number of hydrogen-bond acceptors (Lipinski definition) is 2. The molecule has 0 radical (unpaired) electrons. The number of halogens is 1. The van der Waals surface area contributed by atoms with Crippen LogP contribution in [0.3, 0.4) is 0 Å². The standard InChI is InChI=1S/C16H10FNO/c17-13-5-4-12(10-19)16(8-13)15-3-1-2-11-9-18-7-6-14(11)15/h1-10H. The molecular formula is C16H10FNO. The molecule has 3 rings (SSSR count). The zero-order chi connectivity index (χ0) is 13.2. The molecule has 92 valence electrons. The van der Waals surface area contributed by atoms with E-state index in [-0.39, 0.29) is 5.82 Å². The first-order valence-electron chi connectivity index (χ1n) is 5.87.